The van der Waals surface area contributed by atoms with Crippen LogP contribution in [0.3, 0.4) is 0 Å². The van der Waals surface area contributed by atoms with E-state index in [1.807, 2.05) is 6.92 Å². The lowest BCUT2D eigenvalue weighted by molar-refractivity contribution is -0.136. The van der Waals surface area contributed by atoms with Crippen molar-refractivity contribution in [3.63, 3.8) is 0 Å². The van der Waals surface area contributed by atoms with Crippen LogP contribution in [-0.4, -0.2) is 55.0 Å². The lowest BCUT2D eigenvalue weighted by Crippen LogP contribution is -2.43. The van der Waals surface area contributed by atoms with Crippen molar-refractivity contribution in [3.8, 4) is 0 Å². The van der Waals surface area contributed by atoms with Gasteiger partial charge in [-0.05, 0) is 12.8 Å². The largest absolute Gasteiger partial charge is 0.387 e. The summed E-state index contributed by atoms with van der Waals surface area (Å²) in [6, 6.07) is -0.241. The highest BCUT2D eigenvalue weighted by molar-refractivity contribution is 7.91. The number of rotatable bonds is 4. The summed E-state index contributed by atoms with van der Waals surface area (Å²) in [5, 5.41) is 8.78. The van der Waals surface area contributed by atoms with Gasteiger partial charge in [-0.3, -0.25) is 4.79 Å². The first-order valence-corrected chi connectivity index (χ1v) is 6.93. The van der Waals surface area contributed by atoms with Gasteiger partial charge in [-0.25, -0.2) is 8.42 Å². The van der Waals surface area contributed by atoms with E-state index in [1.165, 1.54) is 4.90 Å². The molecule has 5 nitrogen and oxygen atoms in total. The predicted octanol–water partition coefficient (Wildman–Crippen LogP) is -0.596. The first kappa shape index (κ1) is 12.4. The van der Waals surface area contributed by atoms with Crippen LogP contribution in [0.2, 0.25) is 0 Å². The van der Waals surface area contributed by atoms with Crippen molar-refractivity contribution in [1.29, 1.82) is 0 Å². The van der Waals surface area contributed by atoms with Crippen molar-refractivity contribution in [2.75, 3.05) is 24.7 Å². The van der Waals surface area contributed by atoms with E-state index in [4.69, 9.17) is 5.11 Å². The van der Waals surface area contributed by atoms with Crippen LogP contribution in [0.15, 0.2) is 0 Å². The number of nitrogens with zero attached hydrogens (tertiary/aromatic N) is 1. The van der Waals surface area contributed by atoms with Crippen molar-refractivity contribution in [2.24, 2.45) is 0 Å². The fraction of sp³-hybridized carbons (Fsp3) is 0.889. The SMILES string of the molecule is CCCN(C(=O)CO)C1CCS(=O)(=O)C1. The van der Waals surface area contributed by atoms with Gasteiger partial charge >= 0.3 is 0 Å². The maximum atomic E-state index is 11.4. The lowest BCUT2D eigenvalue weighted by Gasteiger charge is -2.27. The minimum atomic E-state index is -2.98. The second-order valence-corrected chi connectivity index (χ2v) is 6.03. The van der Waals surface area contributed by atoms with Crippen LogP contribution < -0.4 is 0 Å². The molecule has 15 heavy (non-hydrogen) atoms. The lowest BCUT2D eigenvalue weighted by atomic mass is 10.2. The highest BCUT2D eigenvalue weighted by atomic mass is 32.2. The van der Waals surface area contributed by atoms with E-state index in [-0.39, 0.29) is 23.5 Å². The Hall–Kier alpha value is -0.620. The van der Waals surface area contributed by atoms with Gasteiger partial charge in [0, 0.05) is 12.6 Å². The number of carbonyl (C=O) groups is 1. The molecule has 1 N–H and O–H groups in total. The third kappa shape index (κ3) is 3.17. The molecule has 1 aliphatic heterocycles. The summed E-state index contributed by atoms with van der Waals surface area (Å²) in [7, 11) is -2.98. The summed E-state index contributed by atoms with van der Waals surface area (Å²) in [4.78, 5) is 12.9. The van der Waals surface area contributed by atoms with Crippen molar-refractivity contribution in [1.82, 2.24) is 4.90 Å². The molecule has 1 aliphatic rings. The van der Waals surface area contributed by atoms with Gasteiger partial charge in [-0.1, -0.05) is 6.92 Å². The Kier molecular flexibility index (Phi) is 4.10. The molecular formula is C9H17NO4S. The molecule has 1 rings (SSSR count). The number of aliphatic hydroxyl groups excluding tert-OH is 1. The Morgan fingerprint density at radius 1 is 1.53 bits per heavy atom. The molecule has 1 fully saturated rings. The summed E-state index contributed by atoms with van der Waals surface area (Å²) >= 11 is 0. The van der Waals surface area contributed by atoms with Crippen molar-refractivity contribution in [3.05, 3.63) is 0 Å². The van der Waals surface area contributed by atoms with Crippen LogP contribution in [0.25, 0.3) is 0 Å². The maximum absolute atomic E-state index is 11.4. The van der Waals surface area contributed by atoms with Gasteiger partial charge in [-0.15, -0.1) is 0 Å². The van der Waals surface area contributed by atoms with Gasteiger partial charge in [0.25, 0.3) is 0 Å². The molecule has 0 radical (unpaired) electrons. The molecule has 1 saturated heterocycles. The summed E-state index contributed by atoms with van der Waals surface area (Å²) in [6.45, 7) is 1.89. The Labute approximate surface area is 90.0 Å². The van der Waals surface area contributed by atoms with Gasteiger partial charge < -0.3 is 10.0 Å². The molecule has 1 atom stereocenters. The zero-order valence-corrected chi connectivity index (χ0v) is 9.66. The Balaban J connectivity index is 2.69. The first-order chi connectivity index (χ1) is 7.00. The zero-order chi connectivity index (χ0) is 11.5. The van der Waals surface area contributed by atoms with E-state index in [0.29, 0.717) is 13.0 Å². The minimum absolute atomic E-state index is 0.0404. The molecule has 0 aliphatic carbocycles. The molecule has 0 aromatic carbocycles. The second kappa shape index (κ2) is 4.94. The molecule has 1 unspecified atom stereocenters. The van der Waals surface area contributed by atoms with E-state index in [9.17, 15) is 13.2 Å². The topological polar surface area (TPSA) is 74.7 Å². The van der Waals surface area contributed by atoms with Gasteiger partial charge in [0.05, 0.1) is 11.5 Å². The second-order valence-electron chi connectivity index (χ2n) is 3.80. The number of sulfone groups is 1. The van der Waals surface area contributed by atoms with Crippen LogP contribution in [0, 0.1) is 0 Å². The average molecular weight is 235 g/mol. The number of hydrogen-bond donors (Lipinski definition) is 1. The van der Waals surface area contributed by atoms with Crippen LogP contribution in [0.5, 0.6) is 0 Å². The molecule has 0 saturated carbocycles. The van der Waals surface area contributed by atoms with E-state index in [0.717, 1.165) is 6.42 Å². The van der Waals surface area contributed by atoms with Crippen LogP contribution >= 0.6 is 0 Å². The van der Waals surface area contributed by atoms with Crippen molar-refractivity contribution >= 4 is 15.7 Å². The Morgan fingerprint density at radius 3 is 2.60 bits per heavy atom. The van der Waals surface area contributed by atoms with Gasteiger partial charge in [0.1, 0.15) is 6.61 Å². The fourth-order valence-corrected chi connectivity index (χ4v) is 3.59. The zero-order valence-electron chi connectivity index (χ0n) is 8.85. The van der Waals surface area contributed by atoms with E-state index in [1.54, 1.807) is 0 Å². The molecule has 0 aromatic rings. The molecule has 88 valence electrons. The van der Waals surface area contributed by atoms with Gasteiger partial charge in [0.2, 0.25) is 5.91 Å². The molecule has 0 bridgehead atoms. The highest BCUT2D eigenvalue weighted by Gasteiger charge is 2.33. The smallest absolute Gasteiger partial charge is 0.248 e. The van der Waals surface area contributed by atoms with E-state index in [2.05, 4.69) is 0 Å². The standard InChI is InChI=1S/C9H17NO4S/c1-2-4-10(9(12)6-11)8-3-5-15(13,14)7-8/h8,11H,2-7H2,1H3. The van der Waals surface area contributed by atoms with Crippen molar-refractivity contribution in [2.45, 2.75) is 25.8 Å². The normalized spacial score (nSPS) is 24.0. The number of amides is 1. The minimum Gasteiger partial charge on any atom is -0.387 e. The molecule has 1 heterocycles. The average Bonchev–Trinajstić information content (AvgIpc) is 2.54. The Morgan fingerprint density at radius 2 is 2.20 bits per heavy atom. The summed E-state index contributed by atoms with van der Waals surface area (Å²) in [5.74, 6) is -0.186. The molecule has 0 aromatic heterocycles. The van der Waals surface area contributed by atoms with E-state index < -0.39 is 16.4 Å². The van der Waals surface area contributed by atoms with Crippen LogP contribution in [0.1, 0.15) is 19.8 Å². The maximum Gasteiger partial charge on any atom is 0.248 e. The summed E-state index contributed by atoms with van der Waals surface area (Å²) < 4.78 is 22.5. The molecule has 1 amide bonds. The monoisotopic (exact) mass is 235 g/mol. The van der Waals surface area contributed by atoms with Crippen LogP contribution in [0.4, 0.5) is 0 Å². The third-order valence-electron chi connectivity index (χ3n) is 2.57. The number of hydrogen-bond acceptors (Lipinski definition) is 4. The number of carbonyl (C=O) groups excluding carboxylic acids is 1. The van der Waals surface area contributed by atoms with E-state index >= 15 is 0 Å². The van der Waals surface area contributed by atoms with Crippen LogP contribution in [-0.2, 0) is 14.6 Å². The predicted molar refractivity (Wildman–Crippen MR) is 56.1 cm³/mol. The summed E-state index contributed by atoms with van der Waals surface area (Å²) in [5.41, 5.74) is 0. The molecule has 6 heteroatoms. The third-order valence-corrected chi connectivity index (χ3v) is 4.32. The fourth-order valence-electron chi connectivity index (χ4n) is 1.86. The quantitative estimate of drug-likeness (QED) is 0.706. The van der Waals surface area contributed by atoms with Gasteiger partial charge in [0.15, 0.2) is 9.84 Å². The molecule has 0 spiro atoms. The van der Waals surface area contributed by atoms with Gasteiger partial charge in [-0.2, -0.15) is 0 Å². The molecular weight excluding hydrogens is 218 g/mol. The number of aliphatic hydroxyl groups is 1. The Bertz CT molecular complexity index is 325. The first-order valence-electron chi connectivity index (χ1n) is 5.11. The van der Waals surface area contributed by atoms with Crippen molar-refractivity contribution < 1.29 is 18.3 Å². The summed E-state index contributed by atoms with van der Waals surface area (Å²) in [6.07, 6.45) is 1.26. The highest BCUT2D eigenvalue weighted by Crippen LogP contribution is 2.18.